The fraction of sp³-hybridized carbons (Fsp3) is 0.667. The molecule has 2 fully saturated rings. The Bertz CT molecular complexity index is 470. The molecule has 2 aliphatic heterocycles. The van der Waals surface area contributed by atoms with Crippen LogP contribution < -0.4 is 5.32 Å². The van der Waals surface area contributed by atoms with Crippen LogP contribution in [0.1, 0.15) is 55.7 Å². The zero-order valence-corrected chi connectivity index (χ0v) is 12.4. The molecule has 20 heavy (non-hydrogen) atoms. The molecule has 3 aliphatic rings. The van der Waals surface area contributed by atoms with E-state index in [1.165, 1.54) is 50.6 Å². The molecule has 2 heterocycles. The quantitative estimate of drug-likeness (QED) is 0.840. The number of benzene rings is 1. The maximum absolute atomic E-state index is 3.60. The molecule has 108 valence electrons. The molecule has 1 aromatic carbocycles. The molecule has 1 aromatic rings. The lowest BCUT2D eigenvalue weighted by Crippen LogP contribution is -2.38. The molecule has 3 atom stereocenters. The van der Waals surface area contributed by atoms with Crippen LogP contribution in [0.15, 0.2) is 24.3 Å². The summed E-state index contributed by atoms with van der Waals surface area (Å²) in [5, 5.41) is 3.60. The number of likely N-dealkylation sites (tertiary alicyclic amines) is 1. The van der Waals surface area contributed by atoms with Gasteiger partial charge in [-0.05, 0) is 55.8 Å². The molecule has 1 aliphatic carbocycles. The van der Waals surface area contributed by atoms with Crippen LogP contribution in [0.4, 0.5) is 0 Å². The number of hydrogen-bond acceptors (Lipinski definition) is 2. The monoisotopic (exact) mass is 270 g/mol. The molecule has 1 saturated carbocycles. The second-order valence-electron chi connectivity index (χ2n) is 6.82. The van der Waals surface area contributed by atoms with Crippen LogP contribution in [0.5, 0.6) is 0 Å². The molecule has 3 unspecified atom stereocenters. The van der Waals surface area contributed by atoms with Crippen LogP contribution in [0.3, 0.4) is 0 Å². The van der Waals surface area contributed by atoms with E-state index in [-0.39, 0.29) is 0 Å². The highest BCUT2D eigenvalue weighted by molar-refractivity contribution is 5.31. The first-order valence-electron chi connectivity index (χ1n) is 8.48. The van der Waals surface area contributed by atoms with Gasteiger partial charge >= 0.3 is 0 Å². The van der Waals surface area contributed by atoms with Crippen LogP contribution in [0, 0.1) is 5.92 Å². The predicted octanol–water partition coefficient (Wildman–Crippen LogP) is 3.49. The third-order valence-corrected chi connectivity index (χ3v) is 5.78. The lowest BCUT2D eigenvalue weighted by Gasteiger charge is -2.37. The van der Waals surface area contributed by atoms with E-state index in [2.05, 4.69) is 34.5 Å². The molecule has 2 heteroatoms. The van der Waals surface area contributed by atoms with Crippen LogP contribution in [0.25, 0.3) is 0 Å². The van der Waals surface area contributed by atoms with E-state index in [9.17, 15) is 0 Å². The van der Waals surface area contributed by atoms with Crippen molar-refractivity contribution in [3.8, 4) is 0 Å². The number of fused-ring (bicyclic) bond motifs is 2. The number of hydrogen-bond donors (Lipinski definition) is 1. The van der Waals surface area contributed by atoms with Crippen molar-refractivity contribution in [2.45, 2.75) is 57.2 Å². The highest BCUT2D eigenvalue weighted by atomic mass is 15.2. The molecule has 0 spiro atoms. The van der Waals surface area contributed by atoms with Crippen LogP contribution in [0.2, 0.25) is 0 Å². The molecule has 0 amide bonds. The minimum absolute atomic E-state index is 0.661. The highest BCUT2D eigenvalue weighted by Crippen LogP contribution is 2.42. The van der Waals surface area contributed by atoms with Crippen molar-refractivity contribution < 1.29 is 0 Å². The first-order valence-corrected chi connectivity index (χ1v) is 8.48. The fourth-order valence-corrected chi connectivity index (χ4v) is 4.81. The normalized spacial score (nSPS) is 34.3. The minimum atomic E-state index is 0.661. The first kappa shape index (κ1) is 12.8. The first-order chi connectivity index (χ1) is 9.93. The Hall–Kier alpha value is -0.860. The standard InChI is InChI=1S/C18H26N2/c1-3-7-16-15(6-1)13-19-11-9-18(16)20-12-10-14-5-2-4-8-17(14)20/h1,3,6-7,14,17-19H,2,4-5,8-13H2. The van der Waals surface area contributed by atoms with E-state index in [1.807, 2.05) is 0 Å². The van der Waals surface area contributed by atoms with Gasteiger partial charge in [0, 0.05) is 18.6 Å². The van der Waals surface area contributed by atoms with Gasteiger partial charge < -0.3 is 5.32 Å². The molecule has 2 nitrogen and oxygen atoms in total. The van der Waals surface area contributed by atoms with Crippen LogP contribution >= 0.6 is 0 Å². The zero-order valence-electron chi connectivity index (χ0n) is 12.4. The maximum Gasteiger partial charge on any atom is 0.0366 e. The second-order valence-corrected chi connectivity index (χ2v) is 6.82. The SMILES string of the molecule is c1ccc2c(c1)CNCCC2N1CCC2CCCCC21. The average Bonchev–Trinajstić information content (AvgIpc) is 2.81. The number of nitrogens with one attached hydrogen (secondary N) is 1. The van der Waals surface area contributed by atoms with Gasteiger partial charge in [0.2, 0.25) is 0 Å². The smallest absolute Gasteiger partial charge is 0.0366 e. The zero-order chi connectivity index (χ0) is 13.4. The Balaban J connectivity index is 1.64. The fourth-order valence-electron chi connectivity index (χ4n) is 4.81. The van der Waals surface area contributed by atoms with Gasteiger partial charge in [-0.15, -0.1) is 0 Å². The molecule has 0 bridgehead atoms. The van der Waals surface area contributed by atoms with Gasteiger partial charge in [-0.2, -0.15) is 0 Å². The van der Waals surface area contributed by atoms with Crippen LogP contribution in [-0.4, -0.2) is 24.0 Å². The van der Waals surface area contributed by atoms with Crippen molar-refractivity contribution >= 4 is 0 Å². The van der Waals surface area contributed by atoms with Crippen molar-refractivity contribution in [3.05, 3.63) is 35.4 Å². The predicted molar refractivity (Wildman–Crippen MR) is 82.6 cm³/mol. The Labute approximate surface area is 122 Å². The van der Waals surface area contributed by atoms with Crippen molar-refractivity contribution in [1.29, 1.82) is 0 Å². The van der Waals surface area contributed by atoms with Crippen molar-refractivity contribution in [2.75, 3.05) is 13.1 Å². The molecule has 4 rings (SSSR count). The molecular formula is C18H26N2. The Morgan fingerprint density at radius 1 is 1.00 bits per heavy atom. The van der Waals surface area contributed by atoms with E-state index >= 15 is 0 Å². The summed E-state index contributed by atoms with van der Waals surface area (Å²) in [6, 6.07) is 10.6. The summed E-state index contributed by atoms with van der Waals surface area (Å²) < 4.78 is 0. The summed E-state index contributed by atoms with van der Waals surface area (Å²) in [4.78, 5) is 2.87. The largest absolute Gasteiger partial charge is 0.313 e. The third-order valence-electron chi connectivity index (χ3n) is 5.78. The summed E-state index contributed by atoms with van der Waals surface area (Å²) in [6.45, 7) is 3.54. The van der Waals surface area contributed by atoms with Gasteiger partial charge in [0.1, 0.15) is 0 Å². The molecular weight excluding hydrogens is 244 g/mol. The molecule has 0 radical (unpaired) electrons. The lowest BCUT2D eigenvalue weighted by atomic mass is 9.84. The van der Waals surface area contributed by atoms with Gasteiger partial charge in [0.25, 0.3) is 0 Å². The Morgan fingerprint density at radius 3 is 2.90 bits per heavy atom. The van der Waals surface area contributed by atoms with E-state index in [4.69, 9.17) is 0 Å². The van der Waals surface area contributed by atoms with Gasteiger partial charge in [-0.25, -0.2) is 0 Å². The Morgan fingerprint density at radius 2 is 1.90 bits per heavy atom. The summed E-state index contributed by atoms with van der Waals surface area (Å²) >= 11 is 0. The van der Waals surface area contributed by atoms with E-state index < -0.39 is 0 Å². The van der Waals surface area contributed by atoms with E-state index in [0.29, 0.717) is 6.04 Å². The average molecular weight is 270 g/mol. The third kappa shape index (κ3) is 2.19. The molecule has 1 saturated heterocycles. The number of nitrogens with zero attached hydrogens (tertiary/aromatic N) is 1. The summed E-state index contributed by atoms with van der Waals surface area (Å²) in [5.74, 6) is 0.993. The topological polar surface area (TPSA) is 15.3 Å². The maximum atomic E-state index is 3.60. The van der Waals surface area contributed by atoms with Gasteiger partial charge in [0.15, 0.2) is 0 Å². The van der Waals surface area contributed by atoms with Crippen LogP contribution in [-0.2, 0) is 6.54 Å². The minimum Gasteiger partial charge on any atom is -0.313 e. The molecule has 1 N–H and O–H groups in total. The van der Waals surface area contributed by atoms with Crippen molar-refractivity contribution in [3.63, 3.8) is 0 Å². The van der Waals surface area contributed by atoms with Gasteiger partial charge in [-0.3, -0.25) is 4.90 Å². The summed E-state index contributed by atoms with van der Waals surface area (Å²) in [5.41, 5.74) is 3.12. The lowest BCUT2D eigenvalue weighted by molar-refractivity contribution is 0.127. The van der Waals surface area contributed by atoms with Gasteiger partial charge in [0.05, 0.1) is 0 Å². The van der Waals surface area contributed by atoms with E-state index in [0.717, 1.165) is 25.0 Å². The van der Waals surface area contributed by atoms with Crippen molar-refractivity contribution in [2.24, 2.45) is 5.92 Å². The Kier molecular flexibility index (Phi) is 3.53. The number of rotatable bonds is 1. The molecule has 0 aromatic heterocycles. The van der Waals surface area contributed by atoms with E-state index in [1.54, 1.807) is 5.56 Å². The van der Waals surface area contributed by atoms with Crippen molar-refractivity contribution in [1.82, 2.24) is 10.2 Å². The summed E-state index contributed by atoms with van der Waals surface area (Å²) in [7, 11) is 0. The highest BCUT2D eigenvalue weighted by Gasteiger charge is 2.39. The second kappa shape index (κ2) is 5.50. The summed E-state index contributed by atoms with van der Waals surface area (Å²) in [6.07, 6.45) is 8.56. The van der Waals surface area contributed by atoms with Gasteiger partial charge in [-0.1, -0.05) is 37.1 Å².